The molecule has 212 valence electrons. The minimum atomic E-state index is -0.480. The monoisotopic (exact) mass is 564 g/mol. The summed E-state index contributed by atoms with van der Waals surface area (Å²) < 4.78 is 21.7. The summed E-state index contributed by atoms with van der Waals surface area (Å²) in [5.41, 5.74) is 3.09. The van der Waals surface area contributed by atoms with Crippen LogP contribution in [0.2, 0.25) is 0 Å². The average molecular weight is 565 g/mol. The second-order valence-corrected chi connectivity index (χ2v) is 9.36. The first-order valence-electron chi connectivity index (χ1n) is 13.2. The normalized spacial score (nSPS) is 10.7. The van der Waals surface area contributed by atoms with Gasteiger partial charge in [0, 0.05) is 35.0 Å². The van der Waals surface area contributed by atoms with E-state index in [0.717, 1.165) is 11.1 Å². The Morgan fingerprint density at radius 2 is 0.929 bits per heavy atom. The van der Waals surface area contributed by atoms with E-state index >= 15 is 0 Å². The van der Waals surface area contributed by atoms with Crippen LogP contribution in [-0.4, -0.2) is 10.2 Å². The van der Waals surface area contributed by atoms with Crippen LogP contribution < -0.4 is 20.7 Å². The number of hydrogen-bond acceptors (Lipinski definition) is 8. The van der Waals surface area contributed by atoms with E-state index in [1.807, 2.05) is 60.7 Å². The largest absolute Gasteiger partial charge is 0.489 e. The molecule has 6 rings (SSSR count). The Kier molecular flexibility index (Phi) is 9.08. The minimum absolute atomic E-state index is 0.202. The molecule has 2 aromatic heterocycles. The van der Waals surface area contributed by atoms with Crippen molar-refractivity contribution in [2.75, 3.05) is 0 Å². The standard InChI is InChI=1S/2C17H14O4/c2*18-10-13-8-17(19)21-16-9-14(6-7-15(13)16)20-11-12-4-2-1-3-5-12/h2*1-9,18H,10-11H2. The predicted molar refractivity (Wildman–Crippen MR) is 158 cm³/mol. The summed E-state index contributed by atoms with van der Waals surface area (Å²) in [5.74, 6) is 1.23. The molecule has 0 spiro atoms. The lowest BCUT2D eigenvalue weighted by molar-refractivity contribution is 0.282. The molecule has 0 saturated heterocycles. The molecular weight excluding hydrogens is 536 g/mol. The van der Waals surface area contributed by atoms with Crippen LogP contribution in [0, 0.1) is 0 Å². The second-order valence-electron chi connectivity index (χ2n) is 9.36. The number of benzene rings is 4. The Morgan fingerprint density at radius 1 is 0.524 bits per heavy atom. The van der Waals surface area contributed by atoms with Gasteiger partial charge in [-0.25, -0.2) is 9.59 Å². The Hall–Kier alpha value is -5.18. The third-order valence-electron chi connectivity index (χ3n) is 6.44. The summed E-state index contributed by atoms with van der Waals surface area (Å²) in [4.78, 5) is 22.9. The minimum Gasteiger partial charge on any atom is -0.489 e. The van der Waals surface area contributed by atoms with Crippen LogP contribution in [0.5, 0.6) is 11.5 Å². The first-order chi connectivity index (χ1) is 20.5. The van der Waals surface area contributed by atoms with Gasteiger partial charge in [-0.2, -0.15) is 0 Å². The lowest BCUT2D eigenvalue weighted by Gasteiger charge is -2.08. The quantitative estimate of drug-likeness (QED) is 0.225. The molecule has 0 radical (unpaired) electrons. The summed E-state index contributed by atoms with van der Waals surface area (Å²) in [7, 11) is 0. The fourth-order valence-corrected chi connectivity index (χ4v) is 4.34. The summed E-state index contributed by atoms with van der Waals surface area (Å²) in [6.07, 6.45) is 0. The third-order valence-corrected chi connectivity index (χ3v) is 6.44. The Balaban J connectivity index is 0.000000168. The Bertz CT molecular complexity index is 1750. The Morgan fingerprint density at radius 3 is 1.31 bits per heavy atom. The van der Waals surface area contributed by atoms with E-state index in [0.29, 0.717) is 57.8 Å². The molecule has 0 bridgehead atoms. The SMILES string of the molecule is O=c1cc(CO)c2ccc(OCc3ccccc3)cc2o1.O=c1cc(CO)c2ccc(OCc3ccccc3)cc2o1. The van der Waals surface area contributed by atoms with Crippen LogP contribution in [-0.2, 0) is 26.4 Å². The molecule has 4 aromatic carbocycles. The summed E-state index contributed by atoms with van der Waals surface area (Å²) in [6, 6.07) is 32.7. The molecule has 6 aromatic rings. The van der Waals surface area contributed by atoms with E-state index < -0.39 is 11.3 Å². The Labute approximate surface area is 240 Å². The van der Waals surface area contributed by atoms with E-state index in [9.17, 15) is 19.8 Å². The van der Waals surface area contributed by atoms with Crippen molar-refractivity contribution < 1.29 is 28.5 Å². The van der Waals surface area contributed by atoms with Crippen LogP contribution in [0.3, 0.4) is 0 Å². The van der Waals surface area contributed by atoms with Gasteiger partial charge in [0.05, 0.1) is 13.2 Å². The van der Waals surface area contributed by atoms with Gasteiger partial charge in [0.25, 0.3) is 0 Å². The number of aliphatic hydroxyl groups is 2. The van der Waals surface area contributed by atoms with Crippen molar-refractivity contribution in [3.05, 3.63) is 152 Å². The number of rotatable bonds is 8. The molecule has 0 fully saturated rings. The highest BCUT2D eigenvalue weighted by Gasteiger charge is 2.08. The van der Waals surface area contributed by atoms with Crippen molar-refractivity contribution in [1.82, 2.24) is 0 Å². The molecule has 0 saturated carbocycles. The fraction of sp³-hybridized carbons (Fsp3) is 0.118. The van der Waals surface area contributed by atoms with Gasteiger partial charge in [0.1, 0.15) is 35.9 Å². The topological polar surface area (TPSA) is 119 Å². The maximum absolute atomic E-state index is 11.4. The summed E-state index contributed by atoms with van der Waals surface area (Å²) >= 11 is 0. The molecule has 8 heteroatoms. The van der Waals surface area contributed by atoms with Gasteiger partial charge < -0.3 is 28.5 Å². The van der Waals surface area contributed by atoms with Crippen LogP contribution >= 0.6 is 0 Å². The zero-order valence-corrected chi connectivity index (χ0v) is 22.6. The van der Waals surface area contributed by atoms with Crippen LogP contribution in [0.1, 0.15) is 22.3 Å². The maximum Gasteiger partial charge on any atom is 0.336 e. The maximum atomic E-state index is 11.4. The molecule has 0 aliphatic carbocycles. The van der Waals surface area contributed by atoms with E-state index in [4.69, 9.17) is 18.3 Å². The van der Waals surface area contributed by atoms with Gasteiger partial charge in [0.2, 0.25) is 0 Å². The molecule has 0 amide bonds. The van der Waals surface area contributed by atoms with E-state index in [2.05, 4.69) is 0 Å². The van der Waals surface area contributed by atoms with Crippen molar-refractivity contribution in [3.63, 3.8) is 0 Å². The molecular formula is C34H28O8. The highest BCUT2D eigenvalue weighted by Crippen LogP contribution is 2.24. The predicted octanol–water partition coefficient (Wildman–Crippen LogP) is 5.73. The van der Waals surface area contributed by atoms with Gasteiger partial charge >= 0.3 is 11.3 Å². The fourth-order valence-electron chi connectivity index (χ4n) is 4.34. The molecule has 2 N–H and O–H groups in total. The molecule has 8 nitrogen and oxygen atoms in total. The van der Waals surface area contributed by atoms with Crippen molar-refractivity contribution >= 4 is 21.9 Å². The van der Waals surface area contributed by atoms with E-state index in [1.165, 1.54) is 12.1 Å². The van der Waals surface area contributed by atoms with Gasteiger partial charge in [0.15, 0.2) is 0 Å². The third kappa shape index (κ3) is 7.11. The van der Waals surface area contributed by atoms with Gasteiger partial charge in [-0.15, -0.1) is 0 Å². The number of hydrogen-bond donors (Lipinski definition) is 2. The highest BCUT2D eigenvalue weighted by molar-refractivity contribution is 5.82. The van der Waals surface area contributed by atoms with Crippen molar-refractivity contribution in [2.45, 2.75) is 26.4 Å². The zero-order valence-electron chi connectivity index (χ0n) is 22.6. The molecule has 0 aliphatic heterocycles. The number of ether oxygens (including phenoxy) is 2. The summed E-state index contributed by atoms with van der Waals surface area (Å²) in [5, 5.41) is 20.0. The van der Waals surface area contributed by atoms with Gasteiger partial charge in [-0.1, -0.05) is 60.7 Å². The average Bonchev–Trinajstić information content (AvgIpc) is 3.02. The van der Waals surface area contributed by atoms with Crippen LogP contribution in [0.25, 0.3) is 21.9 Å². The first kappa shape index (κ1) is 28.4. The van der Waals surface area contributed by atoms with Crippen LogP contribution in [0.15, 0.2) is 128 Å². The van der Waals surface area contributed by atoms with E-state index in [1.54, 1.807) is 36.4 Å². The second kappa shape index (κ2) is 13.5. The lowest BCUT2D eigenvalue weighted by atomic mass is 10.1. The highest BCUT2D eigenvalue weighted by atomic mass is 16.5. The van der Waals surface area contributed by atoms with E-state index in [-0.39, 0.29) is 13.2 Å². The van der Waals surface area contributed by atoms with Gasteiger partial charge in [-0.3, -0.25) is 0 Å². The van der Waals surface area contributed by atoms with Crippen molar-refractivity contribution in [3.8, 4) is 11.5 Å². The van der Waals surface area contributed by atoms with Crippen molar-refractivity contribution in [1.29, 1.82) is 0 Å². The first-order valence-corrected chi connectivity index (χ1v) is 13.2. The van der Waals surface area contributed by atoms with Crippen molar-refractivity contribution in [2.24, 2.45) is 0 Å². The molecule has 2 heterocycles. The lowest BCUT2D eigenvalue weighted by Crippen LogP contribution is -2.01. The summed E-state index contributed by atoms with van der Waals surface area (Å²) in [6.45, 7) is 0.477. The van der Waals surface area contributed by atoms with Crippen LogP contribution in [0.4, 0.5) is 0 Å². The molecule has 0 unspecified atom stereocenters. The zero-order chi connectivity index (χ0) is 29.3. The molecule has 0 aliphatic rings. The number of fused-ring (bicyclic) bond motifs is 2. The number of aliphatic hydroxyl groups excluding tert-OH is 2. The molecule has 0 atom stereocenters. The van der Waals surface area contributed by atoms with Gasteiger partial charge in [-0.05, 0) is 46.5 Å². The molecule has 42 heavy (non-hydrogen) atoms. The smallest absolute Gasteiger partial charge is 0.336 e.